The molecule has 2 aliphatic rings. The van der Waals surface area contributed by atoms with Crippen molar-refractivity contribution in [3.8, 4) is 0 Å². The molecule has 3 rings (SSSR count). The van der Waals surface area contributed by atoms with Crippen LogP contribution in [0.25, 0.3) is 0 Å². The van der Waals surface area contributed by atoms with E-state index in [1.54, 1.807) is 0 Å². The average Bonchev–Trinajstić information content (AvgIpc) is 2.51. The van der Waals surface area contributed by atoms with Crippen molar-refractivity contribution in [2.24, 2.45) is 5.41 Å². The fraction of sp³-hybridized carbons (Fsp3) is 0.556. The molecule has 2 heterocycles. The predicted octanol–water partition coefficient (Wildman–Crippen LogP) is 1.17. The van der Waals surface area contributed by atoms with Crippen LogP contribution in [0.4, 0.5) is 0 Å². The zero-order chi connectivity index (χ0) is 8.18. The van der Waals surface area contributed by atoms with Crippen LogP contribution >= 0.6 is 0 Å². The highest BCUT2D eigenvalue weighted by molar-refractivity contribution is 5.32. The molecule has 12 heavy (non-hydrogen) atoms. The molecule has 3 heteroatoms. The molecule has 1 unspecified atom stereocenters. The van der Waals surface area contributed by atoms with Gasteiger partial charge < -0.3 is 4.57 Å². The summed E-state index contributed by atoms with van der Waals surface area (Å²) < 4.78 is 2.15. The molecule has 1 saturated carbocycles. The van der Waals surface area contributed by atoms with E-state index in [0.29, 0.717) is 5.41 Å². The third-order valence-electron chi connectivity index (χ3n) is 3.20. The van der Waals surface area contributed by atoms with Crippen molar-refractivity contribution < 1.29 is 0 Å². The topological polar surface area (TPSA) is 30.7 Å². The number of fused-ring (bicyclic) bond motifs is 1. The minimum absolute atomic E-state index is 0.434. The van der Waals surface area contributed by atoms with Gasteiger partial charge in [-0.2, -0.15) is 0 Å². The van der Waals surface area contributed by atoms with Gasteiger partial charge in [0.2, 0.25) is 0 Å². The highest BCUT2D eigenvalue weighted by Crippen LogP contribution is 2.57. The molecule has 1 aliphatic carbocycles. The van der Waals surface area contributed by atoms with Gasteiger partial charge >= 0.3 is 0 Å². The Morgan fingerprint density at radius 3 is 3.08 bits per heavy atom. The molecule has 0 radical (unpaired) electrons. The summed E-state index contributed by atoms with van der Waals surface area (Å²) in [6, 6.07) is 0. The highest BCUT2D eigenvalue weighted by atomic mass is 15.3. The van der Waals surface area contributed by atoms with Gasteiger partial charge in [0.05, 0.1) is 0 Å². The maximum absolute atomic E-state index is 4.10. The molecule has 0 bridgehead atoms. The minimum atomic E-state index is 0.434. The first-order chi connectivity index (χ1) is 5.80. The van der Waals surface area contributed by atoms with Crippen LogP contribution in [0.2, 0.25) is 0 Å². The lowest BCUT2D eigenvalue weighted by Crippen LogP contribution is -2.20. The van der Waals surface area contributed by atoms with E-state index >= 15 is 0 Å². The van der Waals surface area contributed by atoms with E-state index in [9.17, 15) is 0 Å². The SMILES string of the molecule is C=C1CC12CCn1cnnc1C2. The van der Waals surface area contributed by atoms with E-state index in [0.717, 1.165) is 18.8 Å². The standard InChI is InChI=1S/C9H11N3/c1-7-4-9(7)2-3-12-6-10-11-8(12)5-9/h6H,1-5H2. The van der Waals surface area contributed by atoms with Crippen molar-refractivity contribution in [3.63, 3.8) is 0 Å². The van der Waals surface area contributed by atoms with E-state index < -0.39 is 0 Å². The molecule has 1 atom stereocenters. The second-order valence-corrected chi connectivity index (χ2v) is 3.93. The largest absolute Gasteiger partial charge is 0.318 e. The van der Waals surface area contributed by atoms with E-state index in [2.05, 4.69) is 21.3 Å². The summed E-state index contributed by atoms with van der Waals surface area (Å²) >= 11 is 0. The first kappa shape index (κ1) is 6.40. The molecule has 1 aliphatic heterocycles. The fourth-order valence-electron chi connectivity index (χ4n) is 2.15. The Kier molecular flexibility index (Phi) is 0.953. The lowest BCUT2D eigenvalue weighted by atomic mass is 9.94. The number of hydrogen-bond donors (Lipinski definition) is 0. The molecule has 0 N–H and O–H groups in total. The second-order valence-electron chi connectivity index (χ2n) is 3.93. The van der Waals surface area contributed by atoms with Crippen LogP contribution in [0.5, 0.6) is 0 Å². The third kappa shape index (κ3) is 0.661. The van der Waals surface area contributed by atoms with Crippen LogP contribution in [0.15, 0.2) is 18.5 Å². The van der Waals surface area contributed by atoms with Gasteiger partial charge in [0, 0.05) is 18.4 Å². The van der Waals surface area contributed by atoms with E-state index in [-0.39, 0.29) is 0 Å². The van der Waals surface area contributed by atoms with Crippen LogP contribution in [0.3, 0.4) is 0 Å². The summed E-state index contributed by atoms with van der Waals surface area (Å²) in [7, 11) is 0. The van der Waals surface area contributed by atoms with Crippen molar-refractivity contribution in [1.82, 2.24) is 14.8 Å². The van der Waals surface area contributed by atoms with Crippen LogP contribution in [-0.2, 0) is 13.0 Å². The Labute approximate surface area is 71.1 Å². The third-order valence-corrected chi connectivity index (χ3v) is 3.20. The molecule has 62 valence electrons. The van der Waals surface area contributed by atoms with Gasteiger partial charge in [0.25, 0.3) is 0 Å². The molecular formula is C9H11N3. The predicted molar refractivity (Wildman–Crippen MR) is 44.5 cm³/mol. The fourth-order valence-corrected chi connectivity index (χ4v) is 2.15. The molecule has 1 aromatic rings. The Morgan fingerprint density at radius 1 is 1.50 bits per heavy atom. The summed E-state index contributed by atoms with van der Waals surface area (Å²) in [4.78, 5) is 0. The van der Waals surface area contributed by atoms with Crippen molar-refractivity contribution in [2.75, 3.05) is 0 Å². The smallest absolute Gasteiger partial charge is 0.133 e. The monoisotopic (exact) mass is 161 g/mol. The van der Waals surface area contributed by atoms with E-state index in [1.165, 1.54) is 18.4 Å². The summed E-state index contributed by atoms with van der Waals surface area (Å²) in [5.41, 5.74) is 1.85. The van der Waals surface area contributed by atoms with Crippen LogP contribution in [0, 0.1) is 5.41 Å². The van der Waals surface area contributed by atoms with Gasteiger partial charge in [-0.15, -0.1) is 10.2 Å². The van der Waals surface area contributed by atoms with Crippen molar-refractivity contribution in [3.05, 3.63) is 24.3 Å². The first-order valence-corrected chi connectivity index (χ1v) is 4.35. The number of nitrogens with zero attached hydrogens (tertiary/aromatic N) is 3. The van der Waals surface area contributed by atoms with Crippen LogP contribution in [-0.4, -0.2) is 14.8 Å². The maximum Gasteiger partial charge on any atom is 0.133 e. The van der Waals surface area contributed by atoms with Gasteiger partial charge in [0.15, 0.2) is 0 Å². The van der Waals surface area contributed by atoms with E-state index in [4.69, 9.17) is 0 Å². The Morgan fingerprint density at radius 2 is 2.33 bits per heavy atom. The number of hydrogen-bond acceptors (Lipinski definition) is 2. The van der Waals surface area contributed by atoms with Gasteiger partial charge in [-0.25, -0.2) is 0 Å². The number of rotatable bonds is 0. The minimum Gasteiger partial charge on any atom is -0.318 e. The second kappa shape index (κ2) is 1.79. The van der Waals surface area contributed by atoms with Crippen molar-refractivity contribution in [2.45, 2.75) is 25.8 Å². The van der Waals surface area contributed by atoms with Crippen LogP contribution < -0.4 is 0 Å². The van der Waals surface area contributed by atoms with Gasteiger partial charge in [-0.05, 0) is 12.8 Å². The highest BCUT2D eigenvalue weighted by Gasteiger charge is 2.49. The maximum atomic E-state index is 4.10. The molecular weight excluding hydrogens is 150 g/mol. The summed E-state index contributed by atoms with van der Waals surface area (Å²) in [5.74, 6) is 1.14. The molecule has 0 aromatic carbocycles. The molecule has 3 nitrogen and oxygen atoms in total. The lowest BCUT2D eigenvalue weighted by Gasteiger charge is -2.21. The summed E-state index contributed by atoms with van der Waals surface area (Å²) in [5, 5.41) is 8.00. The first-order valence-electron chi connectivity index (χ1n) is 4.35. The van der Waals surface area contributed by atoms with Crippen molar-refractivity contribution >= 4 is 0 Å². The Bertz CT molecular complexity index is 352. The number of allylic oxidation sites excluding steroid dienone is 1. The van der Waals surface area contributed by atoms with Crippen molar-refractivity contribution in [1.29, 1.82) is 0 Å². The van der Waals surface area contributed by atoms with E-state index in [1.807, 2.05) is 6.33 Å². The zero-order valence-electron chi connectivity index (χ0n) is 6.95. The summed E-state index contributed by atoms with van der Waals surface area (Å²) in [6.07, 6.45) is 5.33. The van der Waals surface area contributed by atoms with Gasteiger partial charge in [-0.3, -0.25) is 0 Å². The average molecular weight is 161 g/mol. The normalized spacial score (nSPS) is 32.2. The lowest BCUT2D eigenvalue weighted by molar-refractivity contribution is 0.378. The zero-order valence-corrected chi connectivity index (χ0v) is 6.95. The Balaban J connectivity index is 2.00. The van der Waals surface area contributed by atoms with Gasteiger partial charge in [-0.1, -0.05) is 12.2 Å². The molecule has 0 saturated heterocycles. The molecule has 1 aromatic heterocycles. The quantitative estimate of drug-likeness (QED) is 0.535. The van der Waals surface area contributed by atoms with Crippen LogP contribution in [0.1, 0.15) is 18.7 Å². The Hall–Kier alpha value is -1.12. The number of aryl methyl sites for hydroxylation is 1. The molecule has 1 fully saturated rings. The number of aromatic nitrogens is 3. The van der Waals surface area contributed by atoms with Gasteiger partial charge in [0.1, 0.15) is 12.2 Å². The molecule has 1 spiro atoms. The summed E-state index contributed by atoms with van der Waals surface area (Å²) in [6.45, 7) is 5.11. The molecule has 0 amide bonds.